The summed E-state index contributed by atoms with van der Waals surface area (Å²) in [6.45, 7) is 6.57. The molecule has 1 amide bonds. The number of carbonyl (C=O) groups excluding carboxylic acids is 2. The predicted molar refractivity (Wildman–Crippen MR) is 91.9 cm³/mol. The number of methoxy groups -OCH3 is 1. The lowest BCUT2D eigenvalue weighted by Gasteiger charge is -2.13. The van der Waals surface area contributed by atoms with Crippen LogP contribution in [0.15, 0.2) is 12.1 Å². The molecule has 0 saturated carbocycles. The first kappa shape index (κ1) is 20.1. The third-order valence-corrected chi connectivity index (χ3v) is 3.41. The summed E-state index contributed by atoms with van der Waals surface area (Å²) < 4.78 is 15.6. The number of benzene rings is 1. The highest BCUT2D eigenvalue weighted by Gasteiger charge is 2.17. The lowest BCUT2D eigenvalue weighted by Crippen LogP contribution is -2.30. The van der Waals surface area contributed by atoms with Crippen molar-refractivity contribution in [1.82, 2.24) is 5.32 Å². The van der Waals surface area contributed by atoms with Crippen molar-refractivity contribution in [2.24, 2.45) is 5.92 Å². The molecular weight excluding hydrogens is 334 g/mol. The molecule has 1 rings (SSSR count). The second-order valence-corrected chi connectivity index (χ2v) is 5.94. The molecule has 7 heteroatoms. The predicted octanol–water partition coefficient (Wildman–Crippen LogP) is 3.07. The Morgan fingerprint density at radius 2 is 2.00 bits per heavy atom. The highest BCUT2D eigenvalue weighted by molar-refractivity contribution is 6.32. The van der Waals surface area contributed by atoms with Crippen LogP contribution in [0.3, 0.4) is 0 Å². The molecule has 0 saturated heterocycles. The maximum atomic E-state index is 12.1. The molecule has 0 fully saturated rings. The van der Waals surface area contributed by atoms with Gasteiger partial charge in [0.15, 0.2) is 18.1 Å². The number of rotatable bonds is 9. The van der Waals surface area contributed by atoms with Gasteiger partial charge in [-0.25, -0.2) is 4.79 Å². The third-order valence-electron chi connectivity index (χ3n) is 3.13. The van der Waals surface area contributed by atoms with Crippen molar-refractivity contribution in [2.45, 2.75) is 27.2 Å². The van der Waals surface area contributed by atoms with Gasteiger partial charge < -0.3 is 19.5 Å². The van der Waals surface area contributed by atoms with E-state index in [0.29, 0.717) is 30.6 Å². The molecule has 0 radical (unpaired) electrons. The van der Waals surface area contributed by atoms with Gasteiger partial charge in [-0.2, -0.15) is 0 Å². The summed E-state index contributed by atoms with van der Waals surface area (Å²) in [5.41, 5.74) is 0.190. The molecule has 1 aromatic rings. The molecule has 0 heterocycles. The fourth-order valence-electron chi connectivity index (χ4n) is 1.89. The van der Waals surface area contributed by atoms with Crippen molar-refractivity contribution < 1.29 is 23.8 Å². The zero-order chi connectivity index (χ0) is 18.1. The monoisotopic (exact) mass is 357 g/mol. The van der Waals surface area contributed by atoms with E-state index in [-0.39, 0.29) is 23.1 Å². The lowest BCUT2D eigenvalue weighted by molar-refractivity contribution is -0.124. The van der Waals surface area contributed by atoms with E-state index in [1.807, 2.05) is 6.92 Å². The quantitative estimate of drug-likeness (QED) is 0.687. The van der Waals surface area contributed by atoms with Crippen molar-refractivity contribution in [2.75, 3.05) is 26.9 Å². The zero-order valence-electron chi connectivity index (χ0n) is 14.5. The van der Waals surface area contributed by atoms with Crippen LogP contribution in [0.25, 0.3) is 0 Å². The number of carbonyl (C=O) groups is 2. The van der Waals surface area contributed by atoms with E-state index in [2.05, 4.69) is 19.2 Å². The number of hydrogen-bond donors (Lipinski definition) is 1. The molecular formula is C17H24ClNO5. The van der Waals surface area contributed by atoms with Gasteiger partial charge in [-0.05, 0) is 31.4 Å². The Balaban J connectivity index is 2.65. The number of esters is 1. The molecule has 0 aromatic heterocycles. The second-order valence-electron chi connectivity index (χ2n) is 5.53. The van der Waals surface area contributed by atoms with Crippen LogP contribution in [0.5, 0.6) is 11.5 Å². The van der Waals surface area contributed by atoms with Crippen molar-refractivity contribution in [3.63, 3.8) is 0 Å². The van der Waals surface area contributed by atoms with E-state index in [4.69, 9.17) is 25.8 Å². The van der Waals surface area contributed by atoms with E-state index < -0.39 is 5.97 Å². The molecule has 0 aliphatic carbocycles. The van der Waals surface area contributed by atoms with Crippen LogP contribution in [0, 0.1) is 5.92 Å². The molecule has 134 valence electrons. The molecule has 0 atom stereocenters. The number of amides is 1. The first-order valence-corrected chi connectivity index (χ1v) is 8.21. The molecule has 0 aliphatic heterocycles. The molecule has 0 spiro atoms. The smallest absolute Gasteiger partial charge is 0.338 e. The van der Waals surface area contributed by atoms with E-state index in [9.17, 15) is 9.59 Å². The van der Waals surface area contributed by atoms with Gasteiger partial charge in [0.1, 0.15) is 0 Å². The normalized spacial score (nSPS) is 10.4. The van der Waals surface area contributed by atoms with Crippen molar-refractivity contribution in [3.05, 3.63) is 22.7 Å². The van der Waals surface area contributed by atoms with Gasteiger partial charge in [-0.1, -0.05) is 25.4 Å². The lowest BCUT2D eigenvalue weighted by atomic mass is 10.1. The molecule has 1 aromatic carbocycles. The van der Waals surface area contributed by atoms with E-state index in [0.717, 1.165) is 6.42 Å². The van der Waals surface area contributed by atoms with Crippen molar-refractivity contribution in [1.29, 1.82) is 0 Å². The van der Waals surface area contributed by atoms with E-state index in [1.54, 1.807) is 0 Å². The summed E-state index contributed by atoms with van der Waals surface area (Å²) >= 11 is 6.10. The molecule has 0 bridgehead atoms. The minimum absolute atomic E-state index is 0.190. The zero-order valence-corrected chi connectivity index (χ0v) is 15.2. The average Bonchev–Trinajstić information content (AvgIpc) is 2.53. The van der Waals surface area contributed by atoms with Gasteiger partial charge in [0.2, 0.25) is 0 Å². The fourth-order valence-corrected chi connectivity index (χ4v) is 2.15. The SMILES string of the molecule is CCOc1c(Cl)cc(C(=O)OCC(=O)NCCC(C)C)cc1OC. The number of halogens is 1. The van der Waals surface area contributed by atoms with Crippen molar-refractivity contribution in [3.8, 4) is 11.5 Å². The maximum Gasteiger partial charge on any atom is 0.338 e. The van der Waals surface area contributed by atoms with Gasteiger partial charge >= 0.3 is 5.97 Å². The van der Waals surface area contributed by atoms with Crippen LogP contribution in [0.4, 0.5) is 0 Å². The summed E-state index contributed by atoms with van der Waals surface area (Å²) in [5.74, 6) is 0.193. The third kappa shape index (κ3) is 6.28. The summed E-state index contributed by atoms with van der Waals surface area (Å²) in [6, 6.07) is 2.89. The van der Waals surface area contributed by atoms with Crippen LogP contribution in [-0.4, -0.2) is 38.7 Å². The summed E-state index contributed by atoms with van der Waals surface area (Å²) in [7, 11) is 1.45. The largest absolute Gasteiger partial charge is 0.493 e. The van der Waals surface area contributed by atoms with Crippen LogP contribution in [0.2, 0.25) is 5.02 Å². The Hall–Kier alpha value is -1.95. The molecule has 24 heavy (non-hydrogen) atoms. The number of hydrogen-bond acceptors (Lipinski definition) is 5. The van der Waals surface area contributed by atoms with Crippen LogP contribution >= 0.6 is 11.6 Å². The summed E-state index contributed by atoms with van der Waals surface area (Å²) in [4.78, 5) is 23.7. The Bertz CT molecular complexity index is 574. The summed E-state index contributed by atoms with van der Waals surface area (Å²) in [5, 5.41) is 2.93. The average molecular weight is 358 g/mol. The van der Waals surface area contributed by atoms with Gasteiger partial charge in [-0.3, -0.25) is 4.79 Å². The second kappa shape index (κ2) is 10.0. The topological polar surface area (TPSA) is 73.9 Å². The molecule has 0 unspecified atom stereocenters. The van der Waals surface area contributed by atoms with Gasteiger partial charge in [0, 0.05) is 6.54 Å². The van der Waals surface area contributed by atoms with Crippen LogP contribution in [0.1, 0.15) is 37.6 Å². The minimum Gasteiger partial charge on any atom is -0.493 e. The van der Waals surface area contributed by atoms with E-state index in [1.165, 1.54) is 19.2 Å². The minimum atomic E-state index is -0.655. The summed E-state index contributed by atoms with van der Waals surface area (Å²) in [6.07, 6.45) is 0.866. The van der Waals surface area contributed by atoms with E-state index >= 15 is 0 Å². The highest BCUT2D eigenvalue weighted by Crippen LogP contribution is 2.36. The Morgan fingerprint density at radius 3 is 2.58 bits per heavy atom. The van der Waals surface area contributed by atoms with Crippen LogP contribution < -0.4 is 14.8 Å². The molecule has 6 nitrogen and oxygen atoms in total. The Kier molecular flexibility index (Phi) is 8.40. The fraction of sp³-hybridized carbons (Fsp3) is 0.529. The van der Waals surface area contributed by atoms with Gasteiger partial charge in [0.25, 0.3) is 5.91 Å². The Morgan fingerprint density at radius 1 is 1.29 bits per heavy atom. The standard InChI is InChI=1S/C17H24ClNO5/c1-5-23-16-13(18)8-12(9-14(16)22-4)17(21)24-10-15(20)19-7-6-11(2)3/h8-9,11H,5-7,10H2,1-4H3,(H,19,20). The number of nitrogens with one attached hydrogen (secondary N) is 1. The molecule has 1 N–H and O–H groups in total. The Labute approximate surface area is 147 Å². The first-order chi connectivity index (χ1) is 11.4. The van der Waals surface area contributed by atoms with Gasteiger partial charge in [-0.15, -0.1) is 0 Å². The van der Waals surface area contributed by atoms with Crippen LogP contribution in [-0.2, 0) is 9.53 Å². The van der Waals surface area contributed by atoms with Crippen molar-refractivity contribution >= 4 is 23.5 Å². The number of ether oxygens (including phenoxy) is 3. The first-order valence-electron chi connectivity index (χ1n) is 7.83. The van der Waals surface area contributed by atoms with Gasteiger partial charge in [0.05, 0.1) is 24.3 Å². The molecule has 0 aliphatic rings. The highest BCUT2D eigenvalue weighted by atomic mass is 35.5. The maximum absolute atomic E-state index is 12.1.